The summed E-state index contributed by atoms with van der Waals surface area (Å²) in [5.41, 5.74) is 5.37. The Morgan fingerprint density at radius 3 is 2.45 bits per heavy atom. The van der Waals surface area contributed by atoms with Crippen LogP contribution in [0.15, 0.2) is 47.8 Å². The normalized spacial score (nSPS) is 12.1. The maximum Gasteiger partial charge on any atom is 0.335 e. The molecule has 1 unspecified atom stereocenters. The summed E-state index contributed by atoms with van der Waals surface area (Å²) in [4.78, 5) is 16.9. The van der Waals surface area contributed by atoms with Gasteiger partial charge in [-0.25, -0.2) is 9.78 Å². The molecule has 0 fully saturated rings. The largest absolute Gasteiger partial charge is 0.487 e. The molecule has 2 aromatic carbocycles. The standard InChI is InChI=1S/C27H33NO4S/c1-6-30-25(27(29)31-7-2)15-20-8-13-24(19(5)14-20)32-16-23-17-33-26(28-23)22-11-9-21(10-12-22)18(3)4/h8-14,17-18,25H,6-7,15-16H2,1-5H3. The fourth-order valence-electron chi connectivity index (χ4n) is 3.53. The summed E-state index contributed by atoms with van der Waals surface area (Å²) >= 11 is 1.63. The van der Waals surface area contributed by atoms with E-state index in [0.717, 1.165) is 33.1 Å². The van der Waals surface area contributed by atoms with Gasteiger partial charge in [-0.1, -0.05) is 50.2 Å². The minimum atomic E-state index is -0.593. The summed E-state index contributed by atoms with van der Waals surface area (Å²) in [7, 11) is 0. The van der Waals surface area contributed by atoms with Gasteiger partial charge in [0, 0.05) is 24.0 Å². The molecule has 0 saturated heterocycles. The van der Waals surface area contributed by atoms with Crippen LogP contribution >= 0.6 is 11.3 Å². The number of thiazole rings is 1. The number of esters is 1. The van der Waals surface area contributed by atoms with E-state index in [9.17, 15) is 4.79 Å². The van der Waals surface area contributed by atoms with Crippen LogP contribution in [0, 0.1) is 6.92 Å². The Kier molecular flexibility index (Phi) is 9.03. The maximum absolute atomic E-state index is 12.1. The molecule has 0 amide bonds. The first-order valence-electron chi connectivity index (χ1n) is 11.5. The third kappa shape index (κ3) is 6.89. The van der Waals surface area contributed by atoms with Crippen molar-refractivity contribution in [3.05, 3.63) is 70.2 Å². The molecule has 3 aromatic rings. The third-order valence-corrected chi connectivity index (χ3v) is 6.27. The third-order valence-electron chi connectivity index (χ3n) is 5.33. The van der Waals surface area contributed by atoms with Gasteiger partial charge in [0.2, 0.25) is 0 Å². The maximum atomic E-state index is 12.1. The highest BCUT2D eigenvalue weighted by Gasteiger charge is 2.21. The van der Waals surface area contributed by atoms with Crippen LogP contribution in [-0.4, -0.2) is 30.3 Å². The zero-order chi connectivity index (χ0) is 23.8. The number of hydrogen-bond donors (Lipinski definition) is 0. The number of aryl methyl sites for hydroxylation is 1. The van der Waals surface area contributed by atoms with Crippen LogP contribution in [0.1, 0.15) is 56.0 Å². The van der Waals surface area contributed by atoms with Crippen LogP contribution in [0.4, 0.5) is 0 Å². The predicted octanol–water partition coefficient (Wildman–Crippen LogP) is 6.33. The highest BCUT2D eigenvalue weighted by Crippen LogP contribution is 2.27. The lowest BCUT2D eigenvalue weighted by atomic mass is 10.0. The van der Waals surface area contributed by atoms with Gasteiger partial charge in [-0.15, -0.1) is 11.3 Å². The summed E-state index contributed by atoms with van der Waals surface area (Å²) in [5, 5.41) is 3.04. The first-order valence-corrected chi connectivity index (χ1v) is 12.3. The molecule has 33 heavy (non-hydrogen) atoms. The second-order valence-corrected chi connectivity index (χ2v) is 9.07. The van der Waals surface area contributed by atoms with Crippen LogP contribution in [-0.2, 0) is 27.3 Å². The molecule has 0 spiro atoms. The van der Waals surface area contributed by atoms with E-state index < -0.39 is 6.10 Å². The molecular weight excluding hydrogens is 434 g/mol. The Labute approximate surface area is 200 Å². The zero-order valence-corrected chi connectivity index (χ0v) is 20.9. The van der Waals surface area contributed by atoms with E-state index in [-0.39, 0.29) is 5.97 Å². The number of carbonyl (C=O) groups is 1. The number of hydrogen-bond acceptors (Lipinski definition) is 6. The number of benzene rings is 2. The van der Waals surface area contributed by atoms with Crippen molar-refractivity contribution in [1.29, 1.82) is 0 Å². The summed E-state index contributed by atoms with van der Waals surface area (Å²) in [5.74, 6) is 0.998. The molecule has 0 aliphatic rings. The van der Waals surface area contributed by atoms with Crippen LogP contribution in [0.2, 0.25) is 0 Å². The van der Waals surface area contributed by atoms with E-state index >= 15 is 0 Å². The molecule has 0 bridgehead atoms. The van der Waals surface area contributed by atoms with Crippen molar-refractivity contribution in [2.24, 2.45) is 0 Å². The molecule has 0 aliphatic carbocycles. The Hall–Kier alpha value is -2.70. The lowest BCUT2D eigenvalue weighted by Gasteiger charge is -2.16. The second-order valence-electron chi connectivity index (χ2n) is 8.21. The minimum absolute atomic E-state index is 0.324. The molecule has 176 valence electrons. The lowest BCUT2D eigenvalue weighted by Crippen LogP contribution is -2.29. The molecule has 0 radical (unpaired) electrons. The van der Waals surface area contributed by atoms with Crippen molar-refractivity contribution < 1.29 is 19.0 Å². The van der Waals surface area contributed by atoms with E-state index in [1.54, 1.807) is 18.3 Å². The summed E-state index contributed by atoms with van der Waals surface area (Å²) < 4.78 is 16.7. The summed E-state index contributed by atoms with van der Waals surface area (Å²) in [6.07, 6.45) is -0.122. The van der Waals surface area contributed by atoms with E-state index in [2.05, 4.69) is 38.1 Å². The fourth-order valence-corrected chi connectivity index (χ4v) is 4.34. The molecule has 5 nitrogen and oxygen atoms in total. The first-order chi connectivity index (χ1) is 15.9. The van der Waals surface area contributed by atoms with Gasteiger partial charge in [0.1, 0.15) is 17.4 Å². The van der Waals surface area contributed by atoms with Crippen LogP contribution in [0.5, 0.6) is 5.75 Å². The molecule has 1 aromatic heterocycles. The Morgan fingerprint density at radius 1 is 1.06 bits per heavy atom. The number of ether oxygens (including phenoxy) is 3. The minimum Gasteiger partial charge on any atom is -0.487 e. The van der Waals surface area contributed by atoms with Gasteiger partial charge in [-0.2, -0.15) is 0 Å². The number of aromatic nitrogens is 1. The van der Waals surface area contributed by atoms with Gasteiger partial charge >= 0.3 is 5.97 Å². The van der Waals surface area contributed by atoms with E-state index in [0.29, 0.717) is 32.2 Å². The zero-order valence-electron chi connectivity index (χ0n) is 20.1. The van der Waals surface area contributed by atoms with Gasteiger partial charge in [0.25, 0.3) is 0 Å². The molecular formula is C27H33NO4S. The Bertz CT molecular complexity index is 1040. The summed E-state index contributed by atoms with van der Waals surface area (Å²) in [6.45, 7) is 11.3. The second kappa shape index (κ2) is 12.0. The van der Waals surface area contributed by atoms with Gasteiger partial charge in [0.05, 0.1) is 12.3 Å². The summed E-state index contributed by atoms with van der Waals surface area (Å²) in [6, 6.07) is 14.5. The number of nitrogens with zero attached hydrogens (tertiary/aromatic N) is 1. The Morgan fingerprint density at radius 2 is 1.82 bits per heavy atom. The average Bonchev–Trinajstić information content (AvgIpc) is 3.27. The highest BCUT2D eigenvalue weighted by molar-refractivity contribution is 7.13. The number of carbonyl (C=O) groups excluding carboxylic acids is 1. The number of rotatable bonds is 11. The van der Waals surface area contributed by atoms with Gasteiger partial charge in [-0.3, -0.25) is 0 Å². The smallest absolute Gasteiger partial charge is 0.335 e. The fraction of sp³-hybridized carbons (Fsp3) is 0.407. The van der Waals surface area contributed by atoms with Crippen LogP contribution in [0.25, 0.3) is 10.6 Å². The monoisotopic (exact) mass is 467 g/mol. The van der Waals surface area contributed by atoms with Crippen molar-refractivity contribution >= 4 is 17.3 Å². The van der Waals surface area contributed by atoms with E-state index in [4.69, 9.17) is 19.2 Å². The van der Waals surface area contributed by atoms with Gasteiger partial charge in [0.15, 0.2) is 6.10 Å². The molecule has 0 N–H and O–H groups in total. The molecule has 1 atom stereocenters. The molecule has 3 rings (SSSR count). The van der Waals surface area contributed by atoms with Crippen molar-refractivity contribution in [3.8, 4) is 16.3 Å². The molecule has 6 heteroatoms. The molecule has 0 saturated carbocycles. The van der Waals surface area contributed by atoms with Crippen molar-refractivity contribution in [1.82, 2.24) is 4.98 Å². The van der Waals surface area contributed by atoms with Crippen molar-refractivity contribution in [2.75, 3.05) is 13.2 Å². The SMILES string of the molecule is CCOC(=O)C(Cc1ccc(OCc2csc(-c3ccc(C(C)C)cc3)n2)c(C)c1)OCC. The molecule has 0 aliphatic heterocycles. The average molecular weight is 468 g/mol. The Balaban J connectivity index is 1.61. The quantitative estimate of drug-likeness (QED) is 0.308. The van der Waals surface area contributed by atoms with Crippen LogP contribution < -0.4 is 4.74 Å². The first kappa shape index (κ1) is 24.9. The van der Waals surface area contributed by atoms with E-state index in [1.807, 2.05) is 37.4 Å². The van der Waals surface area contributed by atoms with Gasteiger partial charge < -0.3 is 14.2 Å². The van der Waals surface area contributed by atoms with Crippen molar-refractivity contribution in [2.45, 2.75) is 59.7 Å². The van der Waals surface area contributed by atoms with E-state index in [1.165, 1.54) is 5.56 Å². The highest BCUT2D eigenvalue weighted by atomic mass is 32.1. The predicted molar refractivity (Wildman–Crippen MR) is 133 cm³/mol. The molecule has 1 heterocycles. The lowest BCUT2D eigenvalue weighted by molar-refractivity contribution is -0.156. The van der Waals surface area contributed by atoms with Gasteiger partial charge in [-0.05, 0) is 49.4 Å². The topological polar surface area (TPSA) is 57.7 Å². The van der Waals surface area contributed by atoms with Crippen LogP contribution in [0.3, 0.4) is 0 Å². The van der Waals surface area contributed by atoms with Crippen molar-refractivity contribution in [3.63, 3.8) is 0 Å².